The zero-order valence-electron chi connectivity index (χ0n) is 14.3. The molecule has 0 saturated carbocycles. The summed E-state index contributed by atoms with van der Waals surface area (Å²) in [4.78, 5) is 23.4. The van der Waals surface area contributed by atoms with Crippen molar-refractivity contribution in [2.45, 2.75) is 11.8 Å². The van der Waals surface area contributed by atoms with Gasteiger partial charge < -0.3 is 4.90 Å². The second-order valence-electron chi connectivity index (χ2n) is 5.79. The molecular weight excluding hydrogens is 430 g/mol. The normalized spacial score (nSPS) is 21.0. The lowest BCUT2D eigenvalue weighted by Crippen LogP contribution is -2.29. The van der Waals surface area contributed by atoms with Crippen LogP contribution >= 0.6 is 39.5 Å². The fraction of sp³-hybridized carbons (Fsp3) is 0.158. The third-order valence-corrected chi connectivity index (χ3v) is 7.12. The van der Waals surface area contributed by atoms with Gasteiger partial charge in [-0.15, -0.1) is 0 Å². The first-order chi connectivity index (χ1) is 12.6. The molecule has 2 aliphatic rings. The van der Waals surface area contributed by atoms with Crippen LogP contribution in [0.3, 0.4) is 0 Å². The fourth-order valence-electron chi connectivity index (χ4n) is 2.82. The molecule has 2 aromatic carbocycles. The van der Waals surface area contributed by atoms with Crippen molar-refractivity contribution in [2.75, 3.05) is 18.5 Å². The first kappa shape index (κ1) is 17.7. The number of hydrogen-bond donors (Lipinski definition) is 0. The van der Waals surface area contributed by atoms with Crippen LogP contribution in [-0.4, -0.2) is 29.6 Å². The third kappa shape index (κ3) is 3.08. The van der Waals surface area contributed by atoms with Gasteiger partial charge in [-0.3, -0.25) is 9.69 Å². The molecule has 0 spiro atoms. The molecule has 2 heterocycles. The Kier molecular flexibility index (Phi) is 4.86. The van der Waals surface area contributed by atoms with Gasteiger partial charge in [-0.2, -0.15) is 0 Å². The Hall–Kier alpha value is -1.70. The van der Waals surface area contributed by atoms with Crippen molar-refractivity contribution in [3.8, 4) is 0 Å². The zero-order chi connectivity index (χ0) is 18.3. The topological polar surface area (TPSA) is 35.9 Å². The number of benzene rings is 2. The largest absolute Gasteiger partial charge is 0.337 e. The highest BCUT2D eigenvalue weighted by atomic mass is 79.9. The monoisotopic (exact) mass is 445 g/mol. The number of nitrogens with zero attached hydrogens (tertiary/aromatic N) is 3. The van der Waals surface area contributed by atoms with E-state index in [0.29, 0.717) is 6.54 Å². The zero-order valence-corrected chi connectivity index (χ0v) is 17.5. The molecule has 4 rings (SSSR count). The molecule has 7 heteroatoms. The second kappa shape index (κ2) is 7.13. The summed E-state index contributed by atoms with van der Waals surface area (Å²) >= 11 is 6.53. The van der Waals surface area contributed by atoms with Crippen molar-refractivity contribution in [3.05, 3.63) is 62.9 Å². The average Bonchev–Trinajstić information content (AvgIpc) is 3.14. The van der Waals surface area contributed by atoms with Gasteiger partial charge in [-0.25, -0.2) is 4.99 Å². The van der Waals surface area contributed by atoms with E-state index in [2.05, 4.69) is 33.0 Å². The SMILES string of the molecule is CCN1C(=O)C(=C2Sc3ccccc3N2C)SC1=Nc1ccc(Br)cc1. The van der Waals surface area contributed by atoms with E-state index in [9.17, 15) is 4.79 Å². The summed E-state index contributed by atoms with van der Waals surface area (Å²) in [5.41, 5.74) is 1.97. The van der Waals surface area contributed by atoms with Crippen LogP contribution in [0, 0.1) is 0 Å². The number of halogens is 1. The van der Waals surface area contributed by atoms with Crippen molar-refractivity contribution in [1.29, 1.82) is 0 Å². The van der Waals surface area contributed by atoms with Gasteiger partial charge in [0.1, 0.15) is 4.91 Å². The van der Waals surface area contributed by atoms with Gasteiger partial charge in [0.05, 0.1) is 16.4 Å². The first-order valence-corrected chi connectivity index (χ1v) is 10.6. The lowest BCUT2D eigenvalue weighted by atomic mass is 10.3. The molecule has 26 heavy (non-hydrogen) atoms. The van der Waals surface area contributed by atoms with Gasteiger partial charge in [0, 0.05) is 23.0 Å². The summed E-state index contributed by atoms with van der Waals surface area (Å²) in [7, 11) is 2.01. The fourth-order valence-corrected chi connectivity index (χ4v) is 5.50. The highest BCUT2D eigenvalue weighted by molar-refractivity contribution is 9.10. The van der Waals surface area contributed by atoms with Gasteiger partial charge in [0.15, 0.2) is 5.17 Å². The van der Waals surface area contributed by atoms with E-state index in [1.807, 2.05) is 50.4 Å². The maximum Gasteiger partial charge on any atom is 0.269 e. The van der Waals surface area contributed by atoms with E-state index in [4.69, 9.17) is 4.99 Å². The number of para-hydroxylation sites is 1. The van der Waals surface area contributed by atoms with Crippen molar-refractivity contribution in [3.63, 3.8) is 0 Å². The number of fused-ring (bicyclic) bond motifs is 1. The van der Waals surface area contributed by atoms with Crippen molar-refractivity contribution in [2.24, 2.45) is 4.99 Å². The van der Waals surface area contributed by atoms with Crippen LogP contribution < -0.4 is 4.90 Å². The number of thioether (sulfide) groups is 2. The highest BCUT2D eigenvalue weighted by Gasteiger charge is 2.38. The van der Waals surface area contributed by atoms with Crippen LogP contribution in [-0.2, 0) is 4.79 Å². The van der Waals surface area contributed by atoms with Crippen LogP contribution in [0.2, 0.25) is 0 Å². The summed E-state index contributed by atoms with van der Waals surface area (Å²) in [6, 6.07) is 16.0. The molecule has 1 fully saturated rings. The van der Waals surface area contributed by atoms with E-state index in [1.165, 1.54) is 16.7 Å². The molecule has 132 valence electrons. The van der Waals surface area contributed by atoms with Gasteiger partial charge in [0.25, 0.3) is 5.91 Å². The highest BCUT2D eigenvalue weighted by Crippen LogP contribution is 2.49. The summed E-state index contributed by atoms with van der Waals surface area (Å²) in [5, 5.41) is 1.70. The van der Waals surface area contributed by atoms with Gasteiger partial charge >= 0.3 is 0 Å². The Morgan fingerprint density at radius 1 is 1.08 bits per heavy atom. The minimum atomic E-state index is 0.0236. The van der Waals surface area contributed by atoms with E-state index in [-0.39, 0.29) is 5.91 Å². The smallest absolute Gasteiger partial charge is 0.269 e. The predicted molar refractivity (Wildman–Crippen MR) is 114 cm³/mol. The third-order valence-electron chi connectivity index (χ3n) is 4.16. The van der Waals surface area contributed by atoms with Crippen LogP contribution in [0.5, 0.6) is 0 Å². The number of likely N-dealkylation sites (N-methyl/N-ethyl adjacent to an activating group) is 1. The lowest BCUT2D eigenvalue weighted by Gasteiger charge is -2.15. The molecule has 0 atom stereocenters. The Bertz CT molecular complexity index is 940. The Labute approximate surface area is 169 Å². The van der Waals surface area contributed by atoms with Crippen LogP contribution in [0.15, 0.2) is 72.8 Å². The molecule has 0 aliphatic carbocycles. The molecule has 2 aromatic rings. The van der Waals surface area contributed by atoms with Gasteiger partial charge in [0.2, 0.25) is 0 Å². The average molecular weight is 446 g/mol. The van der Waals surface area contributed by atoms with Crippen LogP contribution in [0.25, 0.3) is 0 Å². The Morgan fingerprint density at radius 3 is 2.50 bits per heavy atom. The maximum absolute atomic E-state index is 13.0. The van der Waals surface area contributed by atoms with Crippen LogP contribution in [0.1, 0.15) is 6.92 Å². The number of rotatable bonds is 2. The quantitative estimate of drug-likeness (QED) is 0.576. The summed E-state index contributed by atoms with van der Waals surface area (Å²) in [5.74, 6) is 0.0236. The number of anilines is 1. The number of carbonyl (C=O) groups excluding carboxylic acids is 1. The molecule has 4 nitrogen and oxygen atoms in total. The molecule has 0 N–H and O–H groups in total. The van der Waals surface area contributed by atoms with Crippen molar-refractivity contribution < 1.29 is 4.79 Å². The van der Waals surface area contributed by atoms with E-state index >= 15 is 0 Å². The lowest BCUT2D eigenvalue weighted by molar-refractivity contribution is -0.122. The molecule has 0 aromatic heterocycles. The number of aliphatic imine (C=N–C) groups is 1. The summed E-state index contributed by atoms with van der Waals surface area (Å²) < 4.78 is 1.01. The Morgan fingerprint density at radius 2 is 1.81 bits per heavy atom. The molecule has 0 unspecified atom stereocenters. The standard InChI is InChI=1S/C19H16BrN3OS2/c1-3-23-17(24)16(18-22(2)14-6-4-5-7-15(14)25-18)26-19(23)21-13-10-8-12(20)9-11-13/h4-11H,3H2,1-2H3. The minimum Gasteiger partial charge on any atom is -0.337 e. The molecule has 0 bridgehead atoms. The predicted octanol–water partition coefficient (Wildman–Crippen LogP) is 5.44. The van der Waals surface area contributed by atoms with Gasteiger partial charge in [-0.05, 0) is 55.1 Å². The molecule has 2 aliphatic heterocycles. The molecule has 1 amide bonds. The van der Waals surface area contributed by atoms with Gasteiger partial charge in [-0.1, -0.05) is 39.8 Å². The van der Waals surface area contributed by atoms with E-state index in [0.717, 1.165) is 30.9 Å². The minimum absolute atomic E-state index is 0.0236. The Balaban J connectivity index is 1.72. The number of amidine groups is 1. The van der Waals surface area contributed by atoms with E-state index < -0.39 is 0 Å². The van der Waals surface area contributed by atoms with Crippen molar-refractivity contribution >= 4 is 61.9 Å². The van der Waals surface area contributed by atoms with E-state index in [1.54, 1.807) is 16.7 Å². The molecule has 0 radical (unpaired) electrons. The summed E-state index contributed by atoms with van der Waals surface area (Å²) in [6.45, 7) is 2.57. The number of carbonyl (C=O) groups is 1. The molecule has 1 saturated heterocycles. The summed E-state index contributed by atoms with van der Waals surface area (Å²) in [6.07, 6.45) is 0. The van der Waals surface area contributed by atoms with Crippen molar-refractivity contribution in [1.82, 2.24) is 4.90 Å². The second-order valence-corrected chi connectivity index (χ2v) is 8.71. The first-order valence-electron chi connectivity index (χ1n) is 8.17. The number of hydrogen-bond acceptors (Lipinski definition) is 5. The number of amides is 1. The molecular formula is C19H16BrN3OS2. The van der Waals surface area contributed by atoms with Crippen LogP contribution in [0.4, 0.5) is 11.4 Å². The maximum atomic E-state index is 13.0.